The lowest BCUT2D eigenvalue weighted by atomic mass is 10.1. The smallest absolute Gasteiger partial charge is 0.343 e. The van der Waals surface area contributed by atoms with Crippen LogP contribution in [-0.4, -0.2) is 14.7 Å². The first kappa shape index (κ1) is 15.4. The highest BCUT2D eigenvalue weighted by molar-refractivity contribution is 7.86. The third-order valence-corrected chi connectivity index (χ3v) is 3.88. The molecule has 0 aliphatic carbocycles. The SMILES string of the molecule is Cc1c(-c2cc3ccccc3o2)oc(=O)c(C)c1OS(C)(=O)=O. The van der Waals surface area contributed by atoms with Crippen molar-refractivity contribution < 1.29 is 21.4 Å². The molecule has 0 atom stereocenters. The van der Waals surface area contributed by atoms with Crippen molar-refractivity contribution in [1.82, 2.24) is 0 Å². The molecule has 0 aliphatic rings. The fourth-order valence-electron chi connectivity index (χ4n) is 2.33. The van der Waals surface area contributed by atoms with Gasteiger partial charge in [-0.2, -0.15) is 8.42 Å². The monoisotopic (exact) mass is 334 g/mol. The summed E-state index contributed by atoms with van der Waals surface area (Å²) in [5, 5.41) is 0.843. The van der Waals surface area contributed by atoms with Crippen LogP contribution in [-0.2, 0) is 10.1 Å². The van der Waals surface area contributed by atoms with Gasteiger partial charge in [-0.05, 0) is 26.0 Å². The third kappa shape index (κ3) is 2.87. The van der Waals surface area contributed by atoms with Crippen LogP contribution in [0.4, 0.5) is 0 Å². The van der Waals surface area contributed by atoms with E-state index in [0.717, 1.165) is 11.6 Å². The zero-order valence-electron chi connectivity index (χ0n) is 12.7. The first-order valence-corrected chi connectivity index (χ1v) is 8.60. The average molecular weight is 334 g/mol. The molecule has 3 aromatic rings. The second-order valence-corrected chi connectivity index (χ2v) is 6.81. The number of benzene rings is 1. The Morgan fingerprint density at radius 3 is 2.39 bits per heavy atom. The van der Waals surface area contributed by atoms with E-state index in [4.69, 9.17) is 13.0 Å². The van der Waals surface area contributed by atoms with Gasteiger partial charge in [0.1, 0.15) is 5.58 Å². The fourth-order valence-corrected chi connectivity index (χ4v) is 2.88. The summed E-state index contributed by atoms with van der Waals surface area (Å²) in [6.07, 6.45) is 0.918. The van der Waals surface area contributed by atoms with Crippen molar-refractivity contribution in [2.75, 3.05) is 6.26 Å². The van der Waals surface area contributed by atoms with Crippen LogP contribution >= 0.6 is 0 Å². The van der Waals surface area contributed by atoms with Gasteiger partial charge >= 0.3 is 15.7 Å². The Hall–Kier alpha value is -2.54. The van der Waals surface area contributed by atoms with Gasteiger partial charge in [-0.25, -0.2) is 4.79 Å². The van der Waals surface area contributed by atoms with E-state index in [1.54, 1.807) is 19.1 Å². The van der Waals surface area contributed by atoms with E-state index in [0.29, 0.717) is 16.9 Å². The number of furan rings is 1. The van der Waals surface area contributed by atoms with Crippen LogP contribution in [0.2, 0.25) is 0 Å². The van der Waals surface area contributed by atoms with Gasteiger partial charge < -0.3 is 13.0 Å². The third-order valence-electron chi connectivity index (χ3n) is 3.41. The minimum Gasteiger partial charge on any atom is -0.453 e. The first-order chi connectivity index (χ1) is 10.8. The van der Waals surface area contributed by atoms with Crippen molar-refractivity contribution in [2.24, 2.45) is 0 Å². The summed E-state index contributed by atoms with van der Waals surface area (Å²) in [7, 11) is -3.77. The Kier molecular flexibility index (Phi) is 3.52. The number of rotatable bonds is 3. The zero-order chi connectivity index (χ0) is 16.8. The molecule has 1 aromatic carbocycles. The molecule has 3 rings (SSSR count). The van der Waals surface area contributed by atoms with Gasteiger partial charge in [0.2, 0.25) is 0 Å². The highest BCUT2D eigenvalue weighted by Gasteiger charge is 2.22. The number of hydrogen-bond donors (Lipinski definition) is 0. The summed E-state index contributed by atoms with van der Waals surface area (Å²) in [4.78, 5) is 12.0. The predicted octanol–water partition coefficient (Wildman–Crippen LogP) is 3.01. The summed E-state index contributed by atoms with van der Waals surface area (Å²) < 4.78 is 38.8. The lowest BCUT2D eigenvalue weighted by molar-refractivity contribution is 0.459. The van der Waals surface area contributed by atoms with Crippen LogP contribution < -0.4 is 9.81 Å². The number of fused-ring (bicyclic) bond motifs is 1. The molecule has 6 nitrogen and oxygen atoms in total. The van der Waals surface area contributed by atoms with Gasteiger partial charge in [0.25, 0.3) is 0 Å². The maximum Gasteiger partial charge on any atom is 0.343 e. The fraction of sp³-hybridized carbons (Fsp3) is 0.188. The largest absolute Gasteiger partial charge is 0.453 e. The molecular weight excluding hydrogens is 320 g/mol. The Morgan fingerprint density at radius 1 is 1.04 bits per heavy atom. The van der Waals surface area contributed by atoms with Crippen molar-refractivity contribution >= 4 is 21.1 Å². The molecule has 2 aromatic heterocycles. The Morgan fingerprint density at radius 2 is 1.74 bits per heavy atom. The van der Waals surface area contributed by atoms with Crippen LogP contribution in [0.3, 0.4) is 0 Å². The van der Waals surface area contributed by atoms with Crippen LogP contribution in [0.25, 0.3) is 22.5 Å². The van der Waals surface area contributed by atoms with Crippen molar-refractivity contribution in [2.45, 2.75) is 13.8 Å². The van der Waals surface area contributed by atoms with Gasteiger partial charge in [0.15, 0.2) is 17.3 Å². The maximum atomic E-state index is 12.0. The summed E-state index contributed by atoms with van der Waals surface area (Å²) >= 11 is 0. The molecule has 0 unspecified atom stereocenters. The molecule has 0 N–H and O–H groups in total. The van der Waals surface area contributed by atoms with Crippen molar-refractivity contribution in [3.63, 3.8) is 0 Å². The van der Waals surface area contributed by atoms with E-state index in [1.165, 1.54) is 6.92 Å². The minimum absolute atomic E-state index is 0.0285. The van der Waals surface area contributed by atoms with Crippen LogP contribution in [0.1, 0.15) is 11.1 Å². The molecule has 0 bridgehead atoms. The van der Waals surface area contributed by atoms with Gasteiger partial charge in [0.05, 0.1) is 11.8 Å². The standard InChI is InChI=1S/C16H14O6S/c1-9-14(22-23(3,18)19)10(2)16(17)21-15(9)13-8-11-6-4-5-7-12(11)20-13/h4-8H,1-3H3. The highest BCUT2D eigenvalue weighted by Crippen LogP contribution is 2.34. The molecule has 0 saturated carbocycles. The average Bonchev–Trinajstić information content (AvgIpc) is 2.90. The number of hydrogen-bond acceptors (Lipinski definition) is 6. The molecule has 0 radical (unpaired) electrons. The quantitative estimate of drug-likeness (QED) is 0.684. The second-order valence-electron chi connectivity index (χ2n) is 5.23. The summed E-state index contributed by atoms with van der Waals surface area (Å²) in [5.41, 5.74) is 0.430. The van der Waals surface area contributed by atoms with Crippen LogP contribution in [0.5, 0.6) is 5.75 Å². The molecular formula is C16H14O6S. The second kappa shape index (κ2) is 5.27. The first-order valence-electron chi connectivity index (χ1n) is 6.79. The normalized spacial score (nSPS) is 11.8. The zero-order valence-corrected chi connectivity index (χ0v) is 13.6. The molecule has 0 amide bonds. The van der Waals surface area contributed by atoms with Gasteiger partial charge in [-0.1, -0.05) is 18.2 Å². The maximum absolute atomic E-state index is 12.0. The molecule has 120 valence electrons. The molecule has 0 aliphatic heterocycles. The van der Waals surface area contributed by atoms with Crippen LogP contribution in [0, 0.1) is 13.8 Å². The number of para-hydroxylation sites is 1. The van der Waals surface area contributed by atoms with Gasteiger partial charge in [-0.15, -0.1) is 0 Å². The van der Waals surface area contributed by atoms with Crippen molar-refractivity contribution in [3.8, 4) is 17.3 Å². The Balaban J connectivity index is 2.25. The summed E-state index contributed by atoms with van der Waals surface area (Å²) in [5.74, 6) is 0.453. The van der Waals surface area contributed by atoms with E-state index in [-0.39, 0.29) is 17.1 Å². The highest BCUT2D eigenvalue weighted by atomic mass is 32.2. The summed E-state index contributed by atoms with van der Waals surface area (Å²) in [6.45, 7) is 3.06. The molecule has 23 heavy (non-hydrogen) atoms. The topological polar surface area (TPSA) is 86.7 Å². The lowest BCUT2D eigenvalue weighted by Crippen LogP contribution is -2.14. The van der Waals surface area contributed by atoms with Gasteiger partial charge in [0, 0.05) is 10.9 Å². The minimum atomic E-state index is -3.77. The predicted molar refractivity (Wildman–Crippen MR) is 85.1 cm³/mol. The molecule has 0 spiro atoms. The van der Waals surface area contributed by atoms with Crippen molar-refractivity contribution in [1.29, 1.82) is 0 Å². The van der Waals surface area contributed by atoms with Gasteiger partial charge in [-0.3, -0.25) is 0 Å². The van der Waals surface area contributed by atoms with E-state index < -0.39 is 15.7 Å². The lowest BCUT2D eigenvalue weighted by Gasteiger charge is -2.10. The van der Waals surface area contributed by atoms with E-state index in [9.17, 15) is 13.2 Å². The summed E-state index contributed by atoms with van der Waals surface area (Å²) in [6, 6.07) is 9.05. The van der Waals surface area contributed by atoms with Crippen molar-refractivity contribution in [3.05, 3.63) is 51.9 Å². The van der Waals surface area contributed by atoms with E-state index in [1.807, 2.05) is 18.2 Å². The van der Waals surface area contributed by atoms with E-state index >= 15 is 0 Å². The molecule has 0 fully saturated rings. The molecule has 2 heterocycles. The molecule has 0 saturated heterocycles. The van der Waals surface area contributed by atoms with Crippen LogP contribution in [0.15, 0.2) is 44.0 Å². The van der Waals surface area contributed by atoms with E-state index in [2.05, 4.69) is 0 Å². The Bertz CT molecular complexity index is 1020. The molecule has 7 heteroatoms. The Labute approximate surface area is 132 Å².